The van der Waals surface area contributed by atoms with Gasteiger partial charge in [0.05, 0.1) is 12.7 Å². The van der Waals surface area contributed by atoms with Gasteiger partial charge in [-0.15, -0.1) is 0 Å². The zero-order chi connectivity index (χ0) is 19.8. The number of likely N-dealkylation sites (tertiary alicyclic amines) is 1. The molecule has 1 saturated heterocycles. The van der Waals surface area contributed by atoms with Crippen LogP contribution in [0.25, 0.3) is 5.65 Å². The van der Waals surface area contributed by atoms with Crippen molar-refractivity contribution in [2.75, 3.05) is 6.54 Å². The van der Waals surface area contributed by atoms with E-state index in [4.69, 9.17) is 9.47 Å². The first-order chi connectivity index (χ1) is 12.7. The summed E-state index contributed by atoms with van der Waals surface area (Å²) in [4.78, 5) is 22.2. The Hall–Kier alpha value is -2.45. The summed E-state index contributed by atoms with van der Waals surface area (Å²) in [6.07, 6.45) is 2.03. The van der Waals surface area contributed by atoms with Gasteiger partial charge in [-0.25, -0.2) is 23.5 Å². The van der Waals surface area contributed by atoms with Crippen LogP contribution in [0.4, 0.5) is 13.6 Å². The van der Waals surface area contributed by atoms with E-state index in [2.05, 4.69) is 9.97 Å². The van der Waals surface area contributed by atoms with Gasteiger partial charge >= 0.3 is 6.09 Å². The van der Waals surface area contributed by atoms with E-state index >= 15 is 0 Å². The molecule has 0 N–H and O–H groups in total. The Morgan fingerprint density at radius 2 is 2.04 bits per heavy atom. The second-order valence-electron chi connectivity index (χ2n) is 7.71. The first kappa shape index (κ1) is 19.3. The van der Waals surface area contributed by atoms with Crippen LogP contribution in [0.15, 0.2) is 18.6 Å². The number of rotatable bonds is 3. The van der Waals surface area contributed by atoms with Gasteiger partial charge in [0.15, 0.2) is 0 Å². The lowest BCUT2D eigenvalue weighted by atomic mass is 10.0. The van der Waals surface area contributed by atoms with Crippen LogP contribution in [-0.2, 0) is 4.74 Å². The number of halogens is 2. The molecule has 0 bridgehead atoms. The number of fused-ring (bicyclic) bond motifs is 1. The summed E-state index contributed by atoms with van der Waals surface area (Å²) in [6, 6.07) is 0.0281. The maximum Gasteiger partial charge on any atom is 0.410 e. The summed E-state index contributed by atoms with van der Waals surface area (Å²) in [5.41, 5.74) is -0.570. The largest absolute Gasteiger partial charge is 0.470 e. The average Bonchev–Trinajstić information content (AvgIpc) is 3.00. The third-order valence-electron chi connectivity index (χ3n) is 4.39. The van der Waals surface area contributed by atoms with Crippen LogP contribution in [0.3, 0.4) is 0 Å². The molecule has 27 heavy (non-hydrogen) atoms. The SMILES string of the molecule is C[C@@H]1CC[C@@H](Oc2nccn3c(C(F)F)cnc23)CN1C(=O)OC(C)(C)C. The number of imidazole rings is 1. The lowest BCUT2D eigenvalue weighted by Crippen LogP contribution is -2.50. The molecule has 2 aromatic heterocycles. The molecule has 2 atom stereocenters. The van der Waals surface area contributed by atoms with Crippen molar-refractivity contribution in [3.05, 3.63) is 24.3 Å². The Morgan fingerprint density at radius 3 is 2.70 bits per heavy atom. The third-order valence-corrected chi connectivity index (χ3v) is 4.39. The number of carbonyl (C=O) groups is 1. The molecule has 1 aliphatic heterocycles. The first-order valence-electron chi connectivity index (χ1n) is 8.92. The van der Waals surface area contributed by atoms with Crippen molar-refractivity contribution in [1.82, 2.24) is 19.3 Å². The predicted octanol–water partition coefficient (Wildman–Crippen LogP) is 3.83. The number of amides is 1. The van der Waals surface area contributed by atoms with Crippen molar-refractivity contribution in [2.45, 2.75) is 64.7 Å². The molecule has 3 heterocycles. The molecule has 0 radical (unpaired) electrons. The molecule has 1 aliphatic rings. The Morgan fingerprint density at radius 1 is 1.30 bits per heavy atom. The molecule has 1 amide bonds. The highest BCUT2D eigenvalue weighted by Gasteiger charge is 2.33. The quantitative estimate of drug-likeness (QED) is 0.807. The minimum atomic E-state index is -2.64. The number of alkyl halides is 2. The molecule has 0 saturated carbocycles. The molecule has 7 nitrogen and oxygen atoms in total. The number of aromatic nitrogens is 3. The van der Waals surface area contributed by atoms with Gasteiger partial charge in [-0.3, -0.25) is 4.40 Å². The fourth-order valence-electron chi connectivity index (χ4n) is 3.06. The summed E-state index contributed by atoms with van der Waals surface area (Å²) < 4.78 is 38.8. The zero-order valence-electron chi connectivity index (χ0n) is 15.9. The van der Waals surface area contributed by atoms with Crippen molar-refractivity contribution < 1.29 is 23.0 Å². The molecule has 0 spiro atoms. The summed E-state index contributed by atoms with van der Waals surface area (Å²) >= 11 is 0. The molecule has 0 aliphatic carbocycles. The van der Waals surface area contributed by atoms with E-state index in [-0.39, 0.29) is 29.4 Å². The Kier molecular flexibility index (Phi) is 5.21. The van der Waals surface area contributed by atoms with Crippen molar-refractivity contribution in [2.24, 2.45) is 0 Å². The highest BCUT2D eigenvalue weighted by Crippen LogP contribution is 2.27. The van der Waals surface area contributed by atoms with Crippen LogP contribution in [0.1, 0.15) is 52.7 Å². The van der Waals surface area contributed by atoms with Gasteiger partial charge < -0.3 is 14.4 Å². The molecular weight excluding hydrogens is 358 g/mol. The van der Waals surface area contributed by atoms with Gasteiger partial charge in [-0.05, 0) is 40.5 Å². The lowest BCUT2D eigenvalue weighted by molar-refractivity contribution is -0.00582. The van der Waals surface area contributed by atoms with Gasteiger partial charge in [0.1, 0.15) is 17.4 Å². The normalized spacial score (nSPS) is 20.9. The Labute approximate surface area is 156 Å². The summed E-state index contributed by atoms with van der Waals surface area (Å²) in [7, 11) is 0. The van der Waals surface area contributed by atoms with Gasteiger partial charge in [0, 0.05) is 18.4 Å². The number of hydrogen-bond acceptors (Lipinski definition) is 5. The molecule has 2 aromatic rings. The summed E-state index contributed by atoms with van der Waals surface area (Å²) in [5, 5.41) is 0. The van der Waals surface area contributed by atoms with E-state index in [9.17, 15) is 13.6 Å². The van der Waals surface area contributed by atoms with Crippen LogP contribution < -0.4 is 4.74 Å². The smallest absolute Gasteiger partial charge is 0.410 e. The van der Waals surface area contributed by atoms with E-state index in [0.717, 1.165) is 12.6 Å². The van der Waals surface area contributed by atoms with E-state index in [1.54, 1.807) is 4.90 Å². The fourth-order valence-corrected chi connectivity index (χ4v) is 3.06. The molecule has 148 valence electrons. The van der Waals surface area contributed by atoms with E-state index < -0.39 is 18.1 Å². The second-order valence-corrected chi connectivity index (χ2v) is 7.71. The van der Waals surface area contributed by atoms with Crippen LogP contribution in [0.5, 0.6) is 5.88 Å². The maximum atomic E-state index is 13.1. The van der Waals surface area contributed by atoms with Crippen LogP contribution in [-0.4, -0.2) is 49.7 Å². The summed E-state index contributed by atoms with van der Waals surface area (Å²) in [6.45, 7) is 7.74. The topological polar surface area (TPSA) is 69.0 Å². The maximum absolute atomic E-state index is 13.1. The van der Waals surface area contributed by atoms with E-state index in [1.807, 2.05) is 27.7 Å². The number of hydrogen-bond donors (Lipinski definition) is 0. The molecule has 3 rings (SSSR count). The van der Waals surface area contributed by atoms with Gasteiger partial charge in [0.2, 0.25) is 5.65 Å². The van der Waals surface area contributed by atoms with Crippen molar-refractivity contribution in [1.29, 1.82) is 0 Å². The standard InChI is InChI=1S/C18H24F2N4O3/c1-11-5-6-12(10-24(11)17(25)27-18(2,3)4)26-16-15-22-9-13(14(19)20)23(15)8-7-21-16/h7-9,11-12,14H,5-6,10H2,1-4H3/t11-,12-/m1/s1. The zero-order valence-corrected chi connectivity index (χ0v) is 15.9. The van der Waals surface area contributed by atoms with Crippen LogP contribution in [0.2, 0.25) is 0 Å². The lowest BCUT2D eigenvalue weighted by Gasteiger charge is -2.38. The minimum absolute atomic E-state index is 0.0281. The summed E-state index contributed by atoms with van der Waals surface area (Å²) in [5.74, 6) is 0.174. The fraction of sp³-hybridized carbons (Fsp3) is 0.611. The molecular formula is C18H24F2N4O3. The Bertz CT molecular complexity index is 819. The van der Waals surface area contributed by atoms with E-state index in [1.165, 1.54) is 16.8 Å². The minimum Gasteiger partial charge on any atom is -0.470 e. The van der Waals surface area contributed by atoms with Gasteiger partial charge in [-0.2, -0.15) is 0 Å². The molecule has 9 heteroatoms. The number of carbonyl (C=O) groups excluding carboxylic acids is 1. The van der Waals surface area contributed by atoms with Crippen LogP contribution >= 0.6 is 0 Å². The van der Waals surface area contributed by atoms with Crippen LogP contribution in [0, 0.1) is 0 Å². The predicted molar refractivity (Wildman–Crippen MR) is 94.0 cm³/mol. The number of nitrogens with zero attached hydrogens (tertiary/aromatic N) is 4. The highest BCUT2D eigenvalue weighted by molar-refractivity contribution is 5.68. The van der Waals surface area contributed by atoms with Crippen molar-refractivity contribution in [3.63, 3.8) is 0 Å². The third kappa shape index (κ3) is 4.28. The van der Waals surface area contributed by atoms with E-state index in [0.29, 0.717) is 13.0 Å². The van der Waals surface area contributed by atoms with Crippen molar-refractivity contribution in [3.8, 4) is 5.88 Å². The number of ether oxygens (including phenoxy) is 2. The highest BCUT2D eigenvalue weighted by atomic mass is 19.3. The van der Waals surface area contributed by atoms with Gasteiger partial charge in [-0.1, -0.05) is 0 Å². The average molecular weight is 382 g/mol. The molecule has 0 aromatic carbocycles. The van der Waals surface area contributed by atoms with Crippen molar-refractivity contribution >= 4 is 11.7 Å². The number of piperidine rings is 1. The van der Waals surface area contributed by atoms with Gasteiger partial charge in [0.25, 0.3) is 12.3 Å². The molecule has 0 unspecified atom stereocenters. The Balaban J connectivity index is 1.76. The molecule has 1 fully saturated rings. The monoisotopic (exact) mass is 382 g/mol. The second kappa shape index (κ2) is 7.28. The first-order valence-corrected chi connectivity index (χ1v) is 8.92.